The van der Waals surface area contributed by atoms with Crippen LogP contribution in [0.1, 0.15) is 36.2 Å². The lowest BCUT2D eigenvalue weighted by Crippen LogP contribution is -2.04. The molecule has 0 saturated carbocycles. The zero-order valence-corrected chi connectivity index (χ0v) is 11.9. The van der Waals surface area contributed by atoms with E-state index >= 15 is 0 Å². The minimum atomic E-state index is -0.108. The Kier molecular flexibility index (Phi) is 4.94. The van der Waals surface area contributed by atoms with Crippen LogP contribution in [0.15, 0.2) is 0 Å². The fraction of sp³-hybridized carbons (Fsp3) is 0.636. The highest BCUT2D eigenvalue weighted by Gasteiger charge is 2.16. The van der Waals surface area contributed by atoms with Crippen LogP contribution in [0, 0.1) is 0 Å². The molecule has 1 N–H and O–H groups in total. The Balaban J connectivity index is 2.29. The summed E-state index contributed by atoms with van der Waals surface area (Å²) in [6.45, 7) is 2.45. The van der Waals surface area contributed by atoms with Gasteiger partial charge in [-0.2, -0.15) is 4.68 Å². The molecule has 0 unspecified atom stereocenters. The molecule has 0 aromatic carbocycles. The molecule has 0 atom stereocenters. The summed E-state index contributed by atoms with van der Waals surface area (Å²) < 4.78 is 6.69. The molecule has 0 saturated heterocycles. The van der Waals surface area contributed by atoms with Crippen LogP contribution in [-0.2, 0) is 24.4 Å². The van der Waals surface area contributed by atoms with Gasteiger partial charge in [-0.05, 0) is 12.8 Å². The van der Waals surface area contributed by atoms with Crippen LogP contribution >= 0.6 is 11.3 Å². The minimum absolute atomic E-state index is 0.108. The zero-order valence-electron chi connectivity index (χ0n) is 11.0. The Morgan fingerprint density at radius 1 is 1.32 bits per heavy atom. The second kappa shape index (κ2) is 6.69. The van der Waals surface area contributed by atoms with Crippen LogP contribution in [0.25, 0.3) is 5.13 Å². The number of aliphatic hydroxyl groups is 1. The Hall–Kier alpha value is -1.38. The van der Waals surface area contributed by atoms with Crippen molar-refractivity contribution < 1.29 is 9.84 Å². The monoisotopic (exact) mass is 283 g/mol. The van der Waals surface area contributed by atoms with E-state index in [9.17, 15) is 5.11 Å². The van der Waals surface area contributed by atoms with Crippen LogP contribution in [-0.4, -0.2) is 37.4 Å². The highest BCUT2D eigenvalue weighted by Crippen LogP contribution is 2.19. The maximum atomic E-state index is 9.30. The molecule has 0 aliphatic rings. The molecule has 0 amide bonds. The first kappa shape index (κ1) is 14.0. The van der Waals surface area contributed by atoms with E-state index in [0.29, 0.717) is 17.4 Å². The number of aromatic nitrogens is 5. The molecule has 0 spiro atoms. The first-order chi connectivity index (χ1) is 9.30. The van der Waals surface area contributed by atoms with Crippen molar-refractivity contribution >= 4 is 11.3 Å². The summed E-state index contributed by atoms with van der Waals surface area (Å²) in [7, 11) is 1.62. The number of nitrogens with zero attached hydrogens (tertiary/aromatic N) is 5. The van der Waals surface area contributed by atoms with Crippen molar-refractivity contribution in [2.45, 2.75) is 39.4 Å². The molecule has 8 heteroatoms. The van der Waals surface area contributed by atoms with E-state index in [1.807, 2.05) is 0 Å². The molecule has 0 fully saturated rings. The smallest absolute Gasteiger partial charge is 0.234 e. The molecule has 2 aromatic heterocycles. The van der Waals surface area contributed by atoms with Gasteiger partial charge in [-0.1, -0.05) is 29.9 Å². The molecule has 0 aliphatic heterocycles. The summed E-state index contributed by atoms with van der Waals surface area (Å²) in [6, 6.07) is 0. The molecule has 0 aliphatic carbocycles. The van der Waals surface area contributed by atoms with Crippen molar-refractivity contribution in [2.24, 2.45) is 0 Å². The molecule has 2 aromatic rings. The normalized spacial score (nSPS) is 11.1. The van der Waals surface area contributed by atoms with Gasteiger partial charge in [0.05, 0.1) is 12.3 Å². The molecule has 104 valence electrons. The average molecular weight is 283 g/mol. The second-order valence-corrected chi connectivity index (χ2v) is 5.11. The van der Waals surface area contributed by atoms with Gasteiger partial charge in [0, 0.05) is 7.11 Å². The highest BCUT2D eigenvalue weighted by atomic mass is 32.1. The van der Waals surface area contributed by atoms with Gasteiger partial charge in [-0.15, -0.1) is 15.3 Å². The first-order valence-corrected chi connectivity index (χ1v) is 6.97. The predicted octanol–water partition coefficient (Wildman–Crippen LogP) is 1.10. The zero-order chi connectivity index (χ0) is 13.7. The Bertz CT molecular complexity index is 525. The van der Waals surface area contributed by atoms with E-state index in [-0.39, 0.29) is 6.61 Å². The van der Waals surface area contributed by atoms with Crippen molar-refractivity contribution in [2.75, 3.05) is 7.11 Å². The van der Waals surface area contributed by atoms with Gasteiger partial charge in [0.25, 0.3) is 0 Å². The quantitative estimate of drug-likeness (QED) is 0.819. The molecule has 2 rings (SSSR count). The largest absolute Gasteiger partial charge is 0.390 e. The number of ether oxygens (including phenoxy) is 1. The standard InChI is InChI=1S/C11H17N5O2S/c1-3-4-5-9-8(6-17)12-15-16(9)11-14-13-10(19-11)7-18-2/h17H,3-7H2,1-2H3. The summed E-state index contributed by atoms with van der Waals surface area (Å²) in [6.07, 6.45) is 2.91. The van der Waals surface area contributed by atoms with Crippen molar-refractivity contribution in [1.29, 1.82) is 0 Å². The van der Waals surface area contributed by atoms with E-state index < -0.39 is 0 Å². The third-order valence-electron chi connectivity index (χ3n) is 2.67. The molecular weight excluding hydrogens is 266 g/mol. The Labute approximate surface area is 115 Å². The fourth-order valence-corrected chi connectivity index (χ4v) is 2.50. The Morgan fingerprint density at radius 3 is 2.84 bits per heavy atom. The number of hydrogen-bond acceptors (Lipinski definition) is 7. The third-order valence-corrected chi connectivity index (χ3v) is 3.54. The van der Waals surface area contributed by atoms with Crippen LogP contribution < -0.4 is 0 Å². The van der Waals surface area contributed by atoms with Crippen LogP contribution in [0.5, 0.6) is 0 Å². The van der Waals surface area contributed by atoms with Gasteiger partial charge in [0.2, 0.25) is 5.13 Å². The average Bonchev–Trinajstić information content (AvgIpc) is 3.02. The number of aliphatic hydroxyl groups excluding tert-OH is 1. The molecule has 0 radical (unpaired) electrons. The van der Waals surface area contributed by atoms with Gasteiger partial charge in [0.1, 0.15) is 17.3 Å². The Morgan fingerprint density at radius 2 is 2.16 bits per heavy atom. The first-order valence-electron chi connectivity index (χ1n) is 6.16. The highest BCUT2D eigenvalue weighted by molar-refractivity contribution is 7.13. The van der Waals surface area contributed by atoms with Crippen molar-refractivity contribution in [3.63, 3.8) is 0 Å². The number of unbranched alkanes of at least 4 members (excludes halogenated alkanes) is 1. The summed E-state index contributed by atoms with van der Waals surface area (Å²) in [5.41, 5.74) is 1.52. The van der Waals surface area contributed by atoms with Crippen LogP contribution in [0.4, 0.5) is 0 Å². The fourth-order valence-electron chi connectivity index (χ4n) is 1.72. The number of hydrogen-bond donors (Lipinski definition) is 1. The van der Waals surface area contributed by atoms with E-state index in [1.54, 1.807) is 11.8 Å². The molecule has 7 nitrogen and oxygen atoms in total. The maximum absolute atomic E-state index is 9.30. The maximum Gasteiger partial charge on any atom is 0.234 e. The van der Waals surface area contributed by atoms with E-state index in [1.165, 1.54) is 11.3 Å². The van der Waals surface area contributed by atoms with Gasteiger partial charge >= 0.3 is 0 Å². The lowest BCUT2D eigenvalue weighted by Gasteiger charge is -2.02. The second-order valence-electron chi connectivity index (χ2n) is 4.07. The van der Waals surface area contributed by atoms with E-state index in [0.717, 1.165) is 30.0 Å². The summed E-state index contributed by atoms with van der Waals surface area (Å²) >= 11 is 1.41. The molecule has 0 bridgehead atoms. The summed E-state index contributed by atoms with van der Waals surface area (Å²) in [4.78, 5) is 0. The SMILES string of the molecule is CCCCc1c(CO)nnn1-c1nnc(COC)s1. The third kappa shape index (κ3) is 3.14. The molecule has 2 heterocycles. The van der Waals surface area contributed by atoms with Crippen LogP contribution in [0.2, 0.25) is 0 Å². The van der Waals surface area contributed by atoms with Gasteiger partial charge in [0.15, 0.2) is 0 Å². The molecule has 19 heavy (non-hydrogen) atoms. The van der Waals surface area contributed by atoms with Gasteiger partial charge < -0.3 is 9.84 Å². The van der Waals surface area contributed by atoms with Crippen molar-refractivity contribution in [1.82, 2.24) is 25.2 Å². The van der Waals surface area contributed by atoms with E-state index in [4.69, 9.17) is 4.74 Å². The number of rotatable bonds is 7. The van der Waals surface area contributed by atoms with E-state index in [2.05, 4.69) is 27.4 Å². The minimum Gasteiger partial charge on any atom is -0.390 e. The lowest BCUT2D eigenvalue weighted by molar-refractivity contribution is 0.184. The van der Waals surface area contributed by atoms with Gasteiger partial charge in [-0.25, -0.2) is 0 Å². The van der Waals surface area contributed by atoms with Gasteiger partial charge in [-0.3, -0.25) is 0 Å². The summed E-state index contributed by atoms with van der Waals surface area (Å²) in [5, 5.41) is 26.9. The lowest BCUT2D eigenvalue weighted by atomic mass is 10.2. The van der Waals surface area contributed by atoms with Crippen molar-refractivity contribution in [3.05, 3.63) is 16.4 Å². The van der Waals surface area contributed by atoms with Crippen molar-refractivity contribution in [3.8, 4) is 5.13 Å². The number of methoxy groups -OCH3 is 1. The summed E-state index contributed by atoms with van der Waals surface area (Å²) in [5.74, 6) is 0. The molecular formula is C11H17N5O2S. The predicted molar refractivity (Wildman–Crippen MR) is 70.1 cm³/mol. The topological polar surface area (TPSA) is 86.0 Å². The van der Waals surface area contributed by atoms with Crippen LogP contribution in [0.3, 0.4) is 0 Å².